The van der Waals surface area contributed by atoms with Crippen LogP contribution in [0.25, 0.3) is 0 Å². The van der Waals surface area contributed by atoms with Gasteiger partial charge in [0.2, 0.25) is 0 Å². The van der Waals surface area contributed by atoms with Crippen molar-refractivity contribution in [2.75, 3.05) is 13.2 Å². The van der Waals surface area contributed by atoms with Gasteiger partial charge in [0.05, 0.1) is 0 Å². The van der Waals surface area contributed by atoms with Gasteiger partial charge in [0.15, 0.2) is 0 Å². The summed E-state index contributed by atoms with van der Waals surface area (Å²) in [6, 6.07) is 0. The van der Waals surface area contributed by atoms with E-state index in [0.717, 1.165) is 0 Å². The molecule has 0 heterocycles. The van der Waals surface area contributed by atoms with Gasteiger partial charge in [-0.15, -0.1) is 0 Å². The van der Waals surface area contributed by atoms with Crippen molar-refractivity contribution in [1.82, 2.24) is 0 Å². The molecule has 66 valence electrons. The summed E-state index contributed by atoms with van der Waals surface area (Å²) in [5, 5.41) is 0. The van der Waals surface area contributed by atoms with Crippen molar-refractivity contribution in [2.45, 2.75) is 20.8 Å². The van der Waals surface area contributed by atoms with Crippen LogP contribution >= 0.6 is 0 Å². The van der Waals surface area contributed by atoms with Crippen molar-refractivity contribution in [3.8, 4) is 0 Å². The van der Waals surface area contributed by atoms with Gasteiger partial charge < -0.3 is 14.0 Å². The molecule has 0 aliphatic heterocycles. The molecule has 0 radical (unpaired) electrons. The average molecular weight is 161 g/mol. The Morgan fingerprint density at radius 2 is 1.73 bits per heavy atom. The molecular formula is C6H14BO4-. The van der Waals surface area contributed by atoms with Gasteiger partial charge in [-0.2, -0.15) is 0 Å². The first-order valence-corrected chi connectivity index (χ1v) is 3.77. The zero-order valence-corrected chi connectivity index (χ0v) is 7.25. The number of hydrogen-bond donors (Lipinski definition) is 0. The summed E-state index contributed by atoms with van der Waals surface area (Å²) >= 11 is 0. The van der Waals surface area contributed by atoms with E-state index in [4.69, 9.17) is 14.0 Å². The van der Waals surface area contributed by atoms with Crippen LogP contribution in [0.2, 0.25) is 0 Å². The van der Waals surface area contributed by atoms with Crippen molar-refractivity contribution in [3.63, 3.8) is 0 Å². The molecule has 0 rings (SSSR count). The van der Waals surface area contributed by atoms with Crippen LogP contribution in [0.5, 0.6) is 0 Å². The van der Waals surface area contributed by atoms with Crippen LogP contribution in [0.1, 0.15) is 20.8 Å². The number of carbonyl (C=O) groups excluding carboxylic acids is 1. The maximum Gasteiger partial charge on any atom is 0.423 e. The van der Waals surface area contributed by atoms with Crippen molar-refractivity contribution in [3.05, 3.63) is 0 Å². The molecule has 0 bridgehead atoms. The van der Waals surface area contributed by atoms with E-state index in [1.165, 1.54) is 6.92 Å². The largest absolute Gasteiger partial charge is 0.646 e. The van der Waals surface area contributed by atoms with E-state index in [-0.39, 0.29) is 5.97 Å². The molecule has 0 atom stereocenters. The Balaban J connectivity index is 3.59. The minimum atomic E-state index is -1.62. The lowest BCUT2D eigenvalue weighted by Gasteiger charge is -2.25. The molecule has 0 aromatic rings. The highest BCUT2D eigenvalue weighted by Gasteiger charge is 2.04. The second kappa shape index (κ2) is 6.18. The quantitative estimate of drug-likeness (QED) is 0.545. The van der Waals surface area contributed by atoms with Crippen molar-refractivity contribution >= 4 is 13.3 Å². The van der Waals surface area contributed by atoms with Gasteiger partial charge in [-0.25, -0.2) is 0 Å². The first-order valence-electron chi connectivity index (χ1n) is 3.77. The third kappa shape index (κ3) is 5.88. The number of hydrogen-bond acceptors (Lipinski definition) is 4. The van der Waals surface area contributed by atoms with Gasteiger partial charge in [0.25, 0.3) is 5.97 Å². The molecule has 0 saturated heterocycles. The standard InChI is InChI=1S/C6H14BO4/c1-4-9-7(10-5-2)11-6(3)8/h7H,4-5H2,1-3H3/q-1. The Hall–Kier alpha value is -0.545. The van der Waals surface area contributed by atoms with Gasteiger partial charge in [-0.3, -0.25) is 4.79 Å². The van der Waals surface area contributed by atoms with E-state index < -0.39 is 7.32 Å². The summed E-state index contributed by atoms with van der Waals surface area (Å²) < 4.78 is 14.8. The molecule has 5 heteroatoms. The van der Waals surface area contributed by atoms with Crippen LogP contribution in [0.15, 0.2) is 0 Å². The fourth-order valence-corrected chi connectivity index (χ4v) is 0.642. The Labute approximate surface area is 67.0 Å². The van der Waals surface area contributed by atoms with Gasteiger partial charge in [-0.05, 0) is 13.8 Å². The molecule has 0 spiro atoms. The molecule has 0 saturated carbocycles. The lowest BCUT2D eigenvalue weighted by atomic mass is 10.2. The minimum absolute atomic E-state index is 0.369. The van der Waals surface area contributed by atoms with Gasteiger partial charge in [-0.1, -0.05) is 0 Å². The number of carbonyl (C=O) groups is 1. The topological polar surface area (TPSA) is 44.8 Å². The summed E-state index contributed by atoms with van der Waals surface area (Å²) in [5.41, 5.74) is 0. The van der Waals surface area contributed by atoms with Crippen LogP contribution in [-0.2, 0) is 18.8 Å². The van der Waals surface area contributed by atoms with E-state index in [1.54, 1.807) is 0 Å². The summed E-state index contributed by atoms with van der Waals surface area (Å²) in [5.74, 6) is -0.369. The second-order valence-corrected chi connectivity index (χ2v) is 1.98. The molecule has 4 nitrogen and oxygen atoms in total. The third-order valence-electron chi connectivity index (χ3n) is 1.06. The van der Waals surface area contributed by atoms with Gasteiger partial charge in [0, 0.05) is 20.1 Å². The van der Waals surface area contributed by atoms with Crippen LogP contribution in [-0.4, -0.2) is 26.5 Å². The summed E-state index contributed by atoms with van der Waals surface area (Å²) in [6.07, 6.45) is 0. The third-order valence-corrected chi connectivity index (χ3v) is 1.06. The lowest BCUT2D eigenvalue weighted by Crippen LogP contribution is -2.29. The minimum Gasteiger partial charge on any atom is -0.646 e. The van der Waals surface area contributed by atoms with E-state index in [2.05, 4.69) is 0 Å². The maximum atomic E-state index is 10.4. The Kier molecular flexibility index (Phi) is 5.88. The first kappa shape index (κ1) is 10.5. The zero-order chi connectivity index (χ0) is 8.69. The zero-order valence-electron chi connectivity index (χ0n) is 7.25. The van der Waals surface area contributed by atoms with E-state index in [9.17, 15) is 4.79 Å². The van der Waals surface area contributed by atoms with Crippen LogP contribution < -0.4 is 0 Å². The molecule has 0 fully saturated rings. The molecule has 0 aliphatic rings. The predicted molar refractivity (Wildman–Crippen MR) is 42.2 cm³/mol. The fourth-order valence-electron chi connectivity index (χ4n) is 0.642. The van der Waals surface area contributed by atoms with Crippen LogP contribution in [0, 0.1) is 0 Å². The lowest BCUT2D eigenvalue weighted by molar-refractivity contribution is -0.135. The maximum absolute atomic E-state index is 10.4. The monoisotopic (exact) mass is 161 g/mol. The van der Waals surface area contributed by atoms with E-state index >= 15 is 0 Å². The highest BCUT2D eigenvalue weighted by molar-refractivity contribution is 6.39. The van der Waals surface area contributed by atoms with E-state index in [0.29, 0.717) is 13.2 Å². The summed E-state index contributed by atoms with van der Waals surface area (Å²) in [6.45, 7) is 5.96. The Bertz CT molecular complexity index is 111. The van der Waals surface area contributed by atoms with Crippen LogP contribution in [0.4, 0.5) is 0 Å². The highest BCUT2D eigenvalue weighted by atomic mass is 16.7. The Morgan fingerprint density at radius 3 is 2.00 bits per heavy atom. The average Bonchev–Trinajstić information content (AvgIpc) is 1.87. The fraction of sp³-hybridized carbons (Fsp3) is 0.833. The number of rotatable bonds is 5. The van der Waals surface area contributed by atoms with Crippen molar-refractivity contribution in [1.29, 1.82) is 0 Å². The van der Waals surface area contributed by atoms with Gasteiger partial charge >= 0.3 is 7.32 Å². The normalized spacial score (nSPS) is 10.2. The highest BCUT2D eigenvalue weighted by Crippen LogP contribution is 1.92. The molecule has 0 unspecified atom stereocenters. The molecule has 0 aromatic heterocycles. The Morgan fingerprint density at radius 1 is 1.27 bits per heavy atom. The van der Waals surface area contributed by atoms with Crippen molar-refractivity contribution < 1.29 is 18.8 Å². The molecule has 0 aromatic carbocycles. The summed E-state index contributed by atoms with van der Waals surface area (Å²) in [4.78, 5) is 10.4. The predicted octanol–water partition coefficient (Wildman–Crippen LogP) is 0.340. The first-order chi connectivity index (χ1) is 5.20. The van der Waals surface area contributed by atoms with Crippen LogP contribution in [0.3, 0.4) is 0 Å². The smallest absolute Gasteiger partial charge is 0.423 e. The molecular weight excluding hydrogens is 147 g/mol. The van der Waals surface area contributed by atoms with E-state index in [1.807, 2.05) is 13.8 Å². The SMILES string of the molecule is CCO[BH-](OCC)OC(C)=O. The molecule has 0 N–H and O–H groups in total. The van der Waals surface area contributed by atoms with Gasteiger partial charge in [0.1, 0.15) is 0 Å². The summed E-state index contributed by atoms with van der Waals surface area (Å²) in [7, 11) is -1.62. The van der Waals surface area contributed by atoms with Crippen molar-refractivity contribution in [2.24, 2.45) is 0 Å². The molecule has 0 aliphatic carbocycles. The molecule has 11 heavy (non-hydrogen) atoms. The second-order valence-electron chi connectivity index (χ2n) is 1.98. The molecule has 0 amide bonds.